The van der Waals surface area contributed by atoms with Crippen LogP contribution in [0.1, 0.15) is 20.8 Å². The van der Waals surface area contributed by atoms with Crippen LogP contribution in [0.2, 0.25) is 0 Å². The smallest absolute Gasteiger partial charge is 0.183 e. The number of hydrogen-bond acceptors (Lipinski definition) is 5. The molecule has 0 aliphatic carbocycles. The van der Waals surface area contributed by atoms with Crippen LogP contribution in [0.3, 0.4) is 0 Å². The molecule has 1 aromatic heterocycles. The summed E-state index contributed by atoms with van der Waals surface area (Å²) in [6, 6.07) is 3.92. The summed E-state index contributed by atoms with van der Waals surface area (Å²) >= 11 is 1.62. The number of ether oxygens (including phenoxy) is 2. The van der Waals surface area contributed by atoms with Crippen molar-refractivity contribution in [3.63, 3.8) is 0 Å². The van der Waals surface area contributed by atoms with Crippen molar-refractivity contribution in [2.45, 2.75) is 20.8 Å². The van der Waals surface area contributed by atoms with Crippen molar-refractivity contribution < 1.29 is 9.47 Å². The van der Waals surface area contributed by atoms with E-state index in [-0.39, 0.29) is 0 Å². The van der Waals surface area contributed by atoms with Crippen LogP contribution in [0.25, 0.3) is 10.2 Å². The lowest BCUT2D eigenvalue weighted by Gasteiger charge is -2.07. The fourth-order valence-electron chi connectivity index (χ4n) is 1.72. The maximum Gasteiger partial charge on any atom is 0.183 e. The van der Waals surface area contributed by atoms with Crippen LogP contribution in [-0.2, 0) is 0 Å². The second-order valence-electron chi connectivity index (χ2n) is 3.68. The standard InChI is InChI=1S/C13H18N2O2S/c1-4-14-13-15-12-10(17-6-3)7-9(16-5-2)8-11(12)18-13/h7-8H,4-6H2,1-3H3,(H,14,15). The van der Waals surface area contributed by atoms with Crippen molar-refractivity contribution in [1.29, 1.82) is 0 Å². The van der Waals surface area contributed by atoms with Gasteiger partial charge < -0.3 is 14.8 Å². The zero-order valence-corrected chi connectivity index (χ0v) is 11.8. The second-order valence-corrected chi connectivity index (χ2v) is 4.71. The minimum absolute atomic E-state index is 0.624. The quantitative estimate of drug-likeness (QED) is 0.868. The summed E-state index contributed by atoms with van der Waals surface area (Å²) in [5.41, 5.74) is 0.904. The van der Waals surface area contributed by atoms with Crippen molar-refractivity contribution >= 4 is 26.7 Å². The minimum Gasteiger partial charge on any atom is -0.494 e. The maximum absolute atomic E-state index is 5.63. The summed E-state index contributed by atoms with van der Waals surface area (Å²) in [6.07, 6.45) is 0. The van der Waals surface area contributed by atoms with E-state index in [2.05, 4.69) is 17.2 Å². The molecule has 1 N–H and O–H groups in total. The van der Waals surface area contributed by atoms with E-state index >= 15 is 0 Å². The molecule has 0 unspecified atom stereocenters. The van der Waals surface area contributed by atoms with Gasteiger partial charge in [0.25, 0.3) is 0 Å². The first-order chi connectivity index (χ1) is 8.78. The number of benzene rings is 1. The highest BCUT2D eigenvalue weighted by Crippen LogP contribution is 2.36. The Morgan fingerprint density at radius 3 is 2.61 bits per heavy atom. The van der Waals surface area contributed by atoms with Gasteiger partial charge in [0.15, 0.2) is 5.13 Å². The van der Waals surface area contributed by atoms with Crippen molar-refractivity contribution in [2.24, 2.45) is 0 Å². The van der Waals surface area contributed by atoms with Crippen LogP contribution in [0.15, 0.2) is 12.1 Å². The number of anilines is 1. The lowest BCUT2D eigenvalue weighted by atomic mass is 10.3. The Kier molecular flexibility index (Phi) is 4.25. The molecule has 0 aliphatic heterocycles. The van der Waals surface area contributed by atoms with Crippen molar-refractivity contribution in [2.75, 3.05) is 25.1 Å². The van der Waals surface area contributed by atoms with E-state index in [0.717, 1.165) is 33.4 Å². The van der Waals surface area contributed by atoms with E-state index in [4.69, 9.17) is 9.47 Å². The third-order valence-corrected chi connectivity index (χ3v) is 3.33. The fraction of sp³-hybridized carbons (Fsp3) is 0.462. The predicted octanol–water partition coefficient (Wildman–Crippen LogP) is 3.53. The maximum atomic E-state index is 5.63. The van der Waals surface area contributed by atoms with Gasteiger partial charge in [0, 0.05) is 12.6 Å². The third kappa shape index (κ3) is 2.67. The van der Waals surface area contributed by atoms with E-state index in [1.807, 2.05) is 26.0 Å². The molecule has 2 rings (SSSR count). The Labute approximate surface area is 111 Å². The first kappa shape index (κ1) is 13.0. The number of hydrogen-bond donors (Lipinski definition) is 1. The normalized spacial score (nSPS) is 10.6. The monoisotopic (exact) mass is 266 g/mol. The molecule has 2 aromatic rings. The minimum atomic E-state index is 0.624. The molecule has 4 nitrogen and oxygen atoms in total. The van der Waals surface area contributed by atoms with Gasteiger partial charge in [-0.25, -0.2) is 4.98 Å². The van der Waals surface area contributed by atoms with Gasteiger partial charge in [-0.3, -0.25) is 0 Å². The van der Waals surface area contributed by atoms with Gasteiger partial charge in [-0.1, -0.05) is 11.3 Å². The van der Waals surface area contributed by atoms with Crippen LogP contribution < -0.4 is 14.8 Å². The summed E-state index contributed by atoms with van der Waals surface area (Å²) in [4.78, 5) is 4.55. The van der Waals surface area contributed by atoms with Crippen molar-refractivity contribution in [3.05, 3.63) is 12.1 Å². The molecule has 0 fully saturated rings. The molecule has 0 amide bonds. The average Bonchev–Trinajstić information content (AvgIpc) is 2.73. The van der Waals surface area contributed by atoms with E-state index in [0.29, 0.717) is 13.2 Å². The molecule has 0 bridgehead atoms. The van der Waals surface area contributed by atoms with Crippen LogP contribution in [0.4, 0.5) is 5.13 Å². The molecule has 0 aliphatic rings. The third-order valence-electron chi connectivity index (χ3n) is 2.37. The fourth-order valence-corrected chi connectivity index (χ4v) is 2.70. The molecule has 5 heteroatoms. The predicted molar refractivity (Wildman–Crippen MR) is 76.1 cm³/mol. The molecule has 1 heterocycles. The summed E-state index contributed by atoms with van der Waals surface area (Å²) in [7, 11) is 0. The van der Waals surface area contributed by atoms with Crippen LogP contribution in [0.5, 0.6) is 11.5 Å². The molecular weight excluding hydrogens is 248 g/mol. The van der Waals surface area contributed by atoms with E-state index < -0.39 is 0 Å². The van der Waals surface area contributed by atoms with Gasteiger partial charge in [-0.15, -0.1) is 0 Å². The van der Waals surface area contributed by atoms with Gasteiger partial charge >= 0.3 is 0 Å². The molecular formula is C13H18N2O2S. The number of nitrogens with one attached hydrogen (secondary N) is 1. The number of thiazole rings is 1. The number of nitrogens with zero attached hydrogens (tertiary/aromatic N) is 1. The van der Waals surface area contributed by atoms with E-state index in [1.165, 1.54) is 0 Å². The first-order valence-electron chi connectivity index (χ1n) is 6.22. The van der Waals surface area contributed by atoms with Gasteiger partial charge in [0.2, 0.25) is 0 Å². The van der Waals surface area contributed by atoms with Crippen LogP contribution in [0, 0.1) is 0 Å². The molecule has 0 radical (unpaired) electrons. The van der Waals surface area contributed by atoms with Gasteiger partial charge in [-0.2, -0.15) is 0 Å². The Morgan fingerprint density at radius 1 is 1.17 bits per heavy atom. The van der Waals surface area contributed by atoms with Crippen LogP contribution >= 0.6 is 11.3 Å². The largest absolute Gasteiger partial charge is 0.494 e. The zero-order chi connectivity index (χ0) is 13.0. The lowest BCUT2D eigenvalue weighted by molar-refractivity contribution is 0.326. The topological polar surface area (TPSA) is 43.4 Å². The summed E-state index contributed by atoms with van der Waals surface area (Å²) < 4.78 is 12.3. The Balaban J connectivity index is 2.46. The van der Waals surface area contributed by atoms with Gasteiger partial charge in [0.05, 0.1) is 17.9 Å². The number of fused-ring (bicyclic) bond motifs is 1. The first-order valence-corrected chi connectivity index (χ1v) is 7.04. The molecule has 0 saturated carbocycles. The van der Waals surface area contributed by atoms with Gasteiger partial charge in [0.1, 0.15) is 17.0 Å². The highest BCUT2D eigenvalue weighted by Gasteiger charge is 2.11. The highest BCUT2D eigenvalue weighted by molar-refractivity contribution is 7.22. The summed E-state index contributed by atoms with van der Waals surface area (Å²) in [6.45, 7) is 8.13. The Bertz CT molecular complexity index is 525. The second kappa shape index (κ2) is 5.91. The Morgan fingerprint density at radius 2 is 1.94 bits per heavy atom. The highest BCUT2D eigenvalue weighted by atomic mass is 32.1. The molecule has 1 aromatic carbocycles. The molecule has 98 valence electrons. The summed E-state index contributed by atoms with van der Waals surface area (Å²) in [5, 5.41) is 4.15. The zero-order valence-electron chi connectivity index (χ0n) is 10.9. The lowest BCUT2D eigenvalue weighted by Crippen LogP contribution is -1.96. The number of aromatic nitrogens is 1. The van der Waals surface area contributed by atoms with Crippen molar-refractivity contribution in [3.8, 4) is 11.5 Å². The Hall–Kier alpha value is -1.49. The molecule has 0 spiro atoms. The van der Waals surface area contributed by atoms with E-state index in [9.17, 15) is 0 Å². The SMILES string of the molecule is CCNc1nc2c(OCC)cc(OCC)cc2s1. The summed E-state index contributed by atoms with van der Waals surface area (Å²) in [5.74, 6) is 1.62. The van der Waals surface area contributed by atoms with E-state index in [1.54, 1.807) is 11.3 Å². The number of rotatable bonds is 6. The average molecular weight is 266 g/mol. The van der Waals surface area contributed by atoms with Crippen LogP contribution in [-0.4, -0.2) is 24.7 Å². The molecule has 0 saturated heterocycles. The van der Waals surface area contributed by atoms with Crippen molar-refractivity contribution in [1.82, 2.24) is 4.98 Å². The van der Waals surface area contributed by atoms with Gasteiger partial charge in [-0.05, 0) is 26.8 Å². The molecule has 18 heavy (non-hydrogen) atoms. The molecule has 0 atom stereocenters.